The highest BCUT2D eigenvalue weighted by atomic mass is 19.1. The van der Waals surface area contributed by atoms with E-state index in [-0.39, 0.29) is 29.4 Å². The van der Waals surface area contributed by atoms with E-state index < -0.39 is 4.92 Å². The number of hydrogen-bond acceptors (Lipinski definition) is 4. The van der Waals surface area contributed by atoms with Crippen molar-refractivity contribution in [2.45, 2.75) is 18.4 Å². The topological polar surface area (TPSA) is 64.4 Å². The Kier molecular flexibility index (Phi) is 3.67. The second kappa shape index (κ2) is 5.88. The molecule has 0 saturated heterocycles. The molecule has 1 heterocycles. The first-order chi connectivity index (χ1) is 12.1. The summed E-state index contributed by atoms with van der Waals surface area (Å²) >= 11 is 0. The Morgan fingerprint density at radius 3 is 2.80 bits per heavy atom. The van der Waals surface area contributed by atoms with Gasteiger partial charge in [-0.3, -0.25) is 10.1 Å². The summed E-state index contributed by atoms with van der Waals surface area (Å²) in [7, 11) is 1.48. The number of hydrogen-bond donors (Lipinski definition) is 1. The highest BCUT2D eigenvalue weighted by Crippen LogP contribution is 2.53. The second-order valence-electron chi connectivity index (χ2n) is 6.37. The van der Waals surface area contributed by atoms with E-state index in [1.165, 1.54) is 19.2 Å². The molecule has 25 heavy (non-hydrogen) atoms. The predicted octanol–water partition coefficient (Wildman–Crippen LogP) is 4.57. The van der Waals surface area contributed by atoms with E-state index in [2.05, 4.69) is 17.5 Å². The van der Waals surface area contributed by atoms with Crippen molar-refractivity contribution in [3.8, 4) is 5.75 Å². The molecule has 0 unspecified atom stereocenters. The quantitative estimate of drug-likeness (QED) is 0.505. The predicted molar refractivity (Wildman–Crippen MR) is 92.4 cm³/mol. The zero-order chi connectivity index (χ0) is 17.6. The Morgan fingerprint density at radius 2 is 2.08 bits per heavy atom. The van der Waals surface area contributed by atoms with Crippen LogP contribution in [0.4, 0.5) is 15.8 Å². The fourth-order valence-corrected chi connectivity index (χ4v) is 3.95. The first-order valence-corrected chi connectivity index (χ1v) is 8.14. The summed E-state index contributed by atoms with van der Waals surface area (Å²) in [5.74, 6) is 0.255. The van der Waals surface area contributed by atoms with Gasteiger partial charge in [-0.25, -0.2) is 4.39 Å². The van der Waals surface area contributed by atoms with Crippen LogP contribution in [0.25, 0.3) is 0 Å². The third-order valence-electron chi connectivity index (χ3n) is 5.09. The zero-order valence-electron chi connectivity index (χ0n) is 13.6. The van der Waals surface area contributed by atoms with Crippen LogP contribution in [0.2, 0.25) is 0 Å². The molecule has 0 amide bonds. The number of benzene rings is 2. The van der Waals surface area contributed by atoms with Crippen molar-refractivity contribution in [3.63, 3.8) is 0 Å². The van der Waals surface area contributed by atoms with E-state index in [1.54, 1.807) is 18.2 Å². The van der Waals surface area contributed by atoms with Crippen molar-refractivity contribution >= 4 is 11.4 Å². The zero-order valence-corrected chi connectivity index (χ0v) is 13.6. The van der Waals surface area contributed by atoms with E-state index in [0.717, 1.165) is 12.0 Å². The number of nitrogens with one attached hydrogen (secondary N) is 1. The standard InChI is InChI=1S/C19H17FN2O3/c1-25-17-10-11(22(23)24)9-15-12-6-4-7-13(12)18(21-19(15)17)14-5-2-3-8-16(14)20/h2-6,8-10,12-13,18,21H,7H2,1H3/t12-,13-,18-/m0/s1. The van der Waals surface area contributed by atoms with E-state index in [4.69, 9.17) is 4.74 Å². The van der Waals surface area contributed by atoms with Gasteiger partial charge in [0.2, 0.25) is 0 Å². The van der Waals surface area contributed by atoms with Gasteiger partial charge in [-0.05, 0) is 24.0 Å². The first-order valence-electron chi connectivity index (χ1n) is 8.14. The molecular formula is C19H17FN2O3. The van der Waals surface area contributed by atoms with E-state index in [0.29, 0.717) is 17.0 Å². The molecule has 2 aromatic carbocycles. The fraction of sp³-hybridized carbons (Fsp3) is 0.263. The number of non-ortho nitro benzene ring substituents is 1. The van der Waals surface area contributed by atoms with Crippen molar-refractivity contribution in [2.24, 2.45) is 5.92 Å². The lowest BCUT2D eigenvalue weighted by Gasteiger charge is -2.38. The Labute approximate surface area is 144 Å². The molecule has 0 spiro atoms. The number of nitrogens with zero attached hydrogens (tertiary/aromatic N) is 1. The van der Waals surface area contributed by atoms with Gasteiger partial charge in [0.15, 0.2) is 0 Å². The molecule has 0 radical (unpaired) electrons. The van der Waals surface area contributed by atoms with E-state index in [1.807, 2.05) is 6.07 Å². The van der Waals surface area contributed by atoms with Crippen LogP contribution in [0.1, 0.15) is 29.5 Å². The minimum atomic E-state index is -0.417. The van der Waals surface area contributed by atoms with Gasteiger partial charge in [0, 0.05) is 17.5 Å². The number of fused-ring (bicyclic) bond motifs is 3. The van der Waals surface area contributed by atoms with E-state index >= 15 is 0 Å². The highest BCUT2D eigenvalue weighted by molar-refractivity contribution is 5.71. The summed E-state index contributed by atoms with van der Waals surface area (Å²) in [6.07, 6.45) is 4.91. The van der Waals surface area contributed by atoms with Crippen LogP contribution in [0.3, 0.4) is 0 Å². The molecule has 4 rings (SSSR count). The lowest BCUT2D eigenvalue weighted by atomic mass is 9.76. The second-order valence-corrected chi connectivity index (χ2v) is 6.37. The molecule has 128 valence electrons. The summed E-state index contributed by atoms with van der Waals surface area (Å²) in [6, 6.07) is 9.51. The third-order valence-corrected chi connectivity index (χ3v) is 5.09. The number of allylic oxidation sites excluding steroid dienone is 2. The highest BCUT2D eigenvalue weighted by Gasteiger charge is 2.40. The smallest absolute Gasteiger partial charge is 0.273 e. The Balaban J connectivity index is 1.87. The van der Waals surface area contributed by atoms with Crippen molar-refractivity contribution in [1.82, 2.24) is 0 Å². The number of nitro benzene ring substituents is 1. The molecule has 5 nitrogen and oxygen atoms in total. The average molecular weight is 340 g/mol. The summed E-state index contributed by atoms with van der Waals surface area (Å²) in [5, 5.41) is 14.6. The van der Waals surface area contributed by atoms with Crippen LogP contribution >= 0.6 is 0 Å². The van der Waals surface area contributed by atoms with Crippen molar-refractivity contribution in [2.75, 3.05) is 12.4 Å². The van der Waals surface area contributed by atoms with Gasteiger partial charge in [0.05, 0.1) is 29.8 Å². The fourth-order valence-electron chi connectivity index (χ4n) is 3.95. The Bertz CT molecular complexity index is 881. The summed E-state index contributed by atoms with van der Waals surface area (Å²) in [4.78, 5) is 10.8. The van der Waals surface area contributed by atoms with Crippen LogP contribution < -0.4 is 10.1 Å². The minimum absolute atomic E-state index is 0.000733. The molecule has 2 aromatic rings. The normalized spacial score (nSPS) is 23.5. The first kappa shape index (κ1) is 15.6. The lowest BCUT2D eigenvalue weighted by molar-refractivity contribution is -0.385. The molecule has 6 heteroatoms. The molecule has 1 N–H and O–H groups in total. The van der Waals surface area contributed by atoms with Crippen LogP contribution in [0.15, 0.2) is 48.6 Å². The van der Waals surface area contributed by atoms with Crippen LogP contribution in [0, 0.1) is 21.8 Å². The SMILES string of the molecule is COc1cc([N+](=O)[O-])cc2c1N[C@H](c1ccccc1F)[C@H]1CC=C[C@H]21. The number of halogens is 1. The molecule has 0 fully saturated rings. The molecule has 1 aliphatic carbocycles. The largest absolute Gasteiger partial charge is 0.494 e. The van der Waals surface area contributed by atoms with Crippen LogP contribution in [-0.4, -0.2) is 12.0 Å². The van der Waals surface area contributed by atoms with Crippen LogP contribution in [-0.2, 0) is 0 Å². The van der Waals surface area contributed by atoms with Gasteiger partial charge in [-0.15, -0.1) is 0 Å². The molecule has 1 aliphatic heterocycles. The van der Waals surface area contributed by atoms with Gasteiger partial charge in [-0.2, -0.15) is 0 Å². The molecule has 0 saturated carbocycles. The van der Waals surface area contributed by atoms with Gasteiger partial charge in [0.1, 0.15) is 11.6 Å². The van der Waals surface area contributed by atoms with E-state index in [9.17, 15) is 14.5 Å². The molecule has 0 bridgehead atoms. The number of anilines is 1. The van der Waals surface area contributed by atoms with Crippen molar-refractivity contribution < 1.29 is 14.1 Å². The Hall–Kier alpha value is -2.89. The maximum Gasteiger partial charge on any atom is 0.273 e. The van der Waals surface area contributed by atoms with Gasteiger partial charge >= 0.3 is 0 Å². The van der Waals surface area contributed by atoms with Gasteiger partial charge in [-0.1, -0.05) is 30.4 Å². The van der Waals surface area contributed by atoms with Crippen molar-refractivity contribution in [3.05, 3.63) is 75.6 Å². The molecule has 3 atom stereocenters. The average Bonchev–Trinajstić information content (AvgIpc) is 3.10. The summed E-state index contributed by atoms with van der Waals surface area (Å²) < 4.78 is 19.8. The number of nitro groups is 1. The van der Waals surface area contributed by atoms with Crippen molar-refractivity contribution in [1.29, 1.82) is 0 Å². The van der Waals surface area contributed by atoms with Gasteiger partial charge < -0.3 is 10.1 Å². The number of rotatable bonds is 3. The van der Waals surface area contributed by atoms with Gasteiger partial charge in [0.25, 0.3) is 5.69 Å². The maximum atomic E-state index is 14.4. The Morgan fingerprint density at radius 1 is 1.28 bits per heavy atom. The minimum Gasteiger partial charge on any atom is -0.494 e. The molecular weight excluding hydrogens is 323 g/mol. The number of ether oxygens (including phenoxy) is 1. The molecule has 2 aliphatic rings. The third kappa shape index (κ3) is 2.45. The summed E-state index contributed by atoms with van der Waals surface area (Å²) in [5.41, 5.74) is 2.14. The monoisotopic (exact) mass is 340 g/mol. The van der Waals surface area contributed by atoms with Crippen LogP contribution in [0.5, 0.6) is 5.75 Å². The molecule has 0 aromatic heterocycles. The summed E-state index contributed by atoms with van der Waals surface area (Å²) in [6.45, 7) is 0. The lowest BCUT2D eigenvalue weighted by Crippen LogP contribution is -2.30. The maximum absolute atomic E-state index is 14.4. The number of methoxy groups -OCH3 is 1.